The van der Waals surface area contributed by atoms with Crippen LogP contribution in [0.15, 0.2) is 29.8 Å². The average Bonchev–Trinajstić information content (AvgIpc) is 2.88. The number of hydrogen-bond acceptors (Lipinski definition) is 1. The van der Waals surface area contributed by atoms with Crippen molar-refractivity contribution in [1.29, 1.82) is 0 Å². The fraction of sp³-hybridized carbons (Fsp3) is 0.529. The van der Waals surface area contributed by atoms with Crippen LogP contribution in [0.5, 0.6) is 0 Å². The van der Waals surface area contributed by atoms with Crippen LogP contribution in [0, 0.1) is 5.41 Å². The van der Waals surface area contributed by atoms with E-state index in [9.17, 15) is 5.11 Å². The minimum absolute atomic E-state index is 0.208. The van der Waals surface area contributed by atoms with Gasteiger partial charge in [0.25, 0.3) is 0 Å². The number of allylic oxidation sites excluding steroid dienone is 1. The van der Waals surface area contributed by atoms with Crippen molar-refractivity contribution >= 4 is 17.2 Å². The van der Waals surface area contributed by atoms with Gasteiger partial charge in [0.05, 0.1) is 6.61 Å². The number of benzene rings is 1. The lowest BCUT2D eigenvalue weighted by atomic mass is 9.69. The third-order valence-corrected chi connectivity index (χ3v) is 5.22. The molecule has 1 saturated carbocycles. The van der Waals surface area contributed by atoms with Gasteiger partial charge in [0.15, 0.2) is 0 Å². The number of halogens is 1. The predicted octanol–water partition coefficient (Wildman–Crippen LogP) is 4.83. The first-order valence-corrected chi connectivity index (χ1v) is 7.68. The zero-order chi connectivity index (χ0) is 13.3. The number of aliphatic hydroxyl groups is 1. The summed E-state index contributed by atoms with van der Waals surface area (Å²) in [7, 11) is 0. The second-order valence-corrected chi connectivity index (χ2v) is 6.57. The van der Waals surface area contributed by atoms with Gasteiger partial charge >= 0.3 is 0 Å². The summed E-state index contributed by atoms with van der Waals surface area (Å²) in [6, 6.07) is 8.05. The summed E-state index contributed by atoms with van der Waals surface area (Å²) in [6.07, 6.45) is 8.94. The summed E-state index contributed by atoms with van der Waals surface area (Å²) in [5, 5.41) is 10.5. The second kappa shape index (κ2) is 5.30. The van der Waals surface area contributed by atoms with E-state index in [1.165, 1.54) is 48.8 Å². The van der Waals surface area contributed by atoms with E-state index in [0.717, 1.165) is 17.9 Å². The van der Waals surface area contributed by atoms with Gasteiger partial charge in [0.1, 0.15) is 0 Å². The Morgan fingerprint density at radius 3 is 2.37 bits per heavy atom. The van der Waals surface area contributed by atoms with E-state index in [-0.39, 0.29) is 6.61 Å². The quantitative estimate of drug-likeness (QED) is 0.820. The third kappa shape index (κ3) is 2.59. The highest BCUT2D eigenvalue weighted by Gasteiger charge is 2.37. The molecule has 2 heteroatoms. The Kier molecular flexibility index (Phi) is 3.68. The molecule has 0 amide bonds. The highest BCUT2D eigenvalue weighted by atomic mass is 35.5. The maximum atomic E-state index is 9.74. The maximum Gasteiger partial charge on any atom is 0.0647 e. The molecule has 1 N–H and O–H groups in total. The SMILES string of the molecule is OCC1=C(c2ccc(Cl)cc2)CCC2(CCCC2)C1. The van der Waals surface area contributed by atoms with Crippen LogP contribution in [-0.4, -0.2) is 11.7 Å². The molecule has 0 atom stereocenters. The van der Waals surface area contributed by atoms with E-state index in [4.69, 9.17) is 11.6 Å². The molecule has 3 rings (SSSR count). The smallest absolute Gasteiger partial charge is 0.0647 e. The molecule has 102 valence electrons. The molecule has 2 aliphatic carbocycles. The number of aliphatic hydroxyl groups excluding tert-OH is 1. The van der Waals surface area contributed by atoms with E-state index in [2.05, 4.69) is 12.1 Å². The highest BCUT2D eigenvalue weighted by molar-refractivity contribution is 6.30. The fourth-order valence-electron chi connectivity index (χ4n) is 3.92. The van der Waals surface area contributed by atoms with Crippen LogP contribution < -0.4 is 0 Å². The lowest BCUT2D eigenvalue weighted by Gasteiger charge is -2.36. The Morgan fingerprint density at radius 2 is 1.74 bits per heavy atom. The Morgan fingerprint density at radius 1 is 1.05 bits per heavy atom. The van der Waals surface area contributed by atoms with Crippen molar-refractivity contribution in [2.45, 2.75) is 44.9 Å². The van der Waals surface area contributed by atoms with Gasteiger partial charge in [0.2, 0.25) is 0 Å². The Bertz CT molecular complexity index is 480. The van der Waals surface area contributed by atoms with Gasteiger partial charge in [-0.2, -0.15) is 0 Å². The maximum absolute atomic E-state index is 9.74. The molecular weight excluding hydrogens is 256 g/mol. The molecule has 1 fully saturated rings. The molecule has 0 unspecified atom stereocenters. The summed E-state index contributed by atoms with van der Waals surface area (Å²) in [6.45, 7) is 0.208. The van der Waals surface area contributed by atoms with Crippen molar-refractivity contribution < 1.29 is 5.11 Å². The normalized spacial score (nSPS) is 22.2. The zero-order valence-corrected chi connectivity index (χ0v) is 12.0. The van der Waals surface area contributed by atoms with Crippen molar-refractivity contribution in [1.82, 2.24) is 0 Å². The molecule has 19 heavy (non-hydrogen) atoms. The minimum Gasteiger partial charge on any atom is -0.392 e. The van der Waals surface area contributed by atoms with Crippen molar-refractivity contribution in [3.63, 3.8) is 0 Å². The number of rotatable bonds is 2. The molecule has 0 aromatic heterocycles. The molecule has 1 spiro atoms. The van der Waals surface area contributed by atoms with Crippen LogP contribution in [-0.2, 0) is 0 Å². The molecule has 1 nitrogen and oxygen atoms in total. The first kappa shape index (κ1) is 13.2. The van der Waals surface area contributed by atoms with Gasteiger partial charge in [-0.05, 0) is 66.4 Å². The van der Waals surface area contributed by atoms with E-state index < -0.39 is 0 Å². The number of hydrogen-bond donors (Lipinski definition) is 1. The molecule has 1 aromatic carbocycles. The lowest BCUT2D eigenvalue weighted by molar-refractivity contribution is 0.237. The Balaban J connectivity index is 1.91. The van der Waals surface area contributed by atoms with Crippen LogP contribution in [0.2, 0.25) is 5.02 Å². The molecular formula is C17H21ClO. The molecule has 0 heterocycles. The second-order valence-electron chi connectivity index (χ2n) is 6.13. The first-order valence-electron chi connectivity index (χ1n) is 7.30. The standard InChI is InChI=1S/C17H21ClO/c18-15-5-3-13(4-6-15)16-7-10-17(8-1-2-9-17)11-14(16)12-19/h3-6,19H,1-2,7-12H2. The zero-order valence-electron chi connectivity index (χ0n) is 11.3. The van der Waals surface area contributed by atoms with Crippen LogP contribution in [0.4, 0.5) is 0 Å². The van der Waals surface area contributed by atoms with E-state index in [0.29, 0.717) is 5.41 Å². The average molecular weight is 277 g/mol. The van der Waals surface area contributed by atoms with E-state index in [1.807, 2.05) is 12.1 Å². The summed E-state index contributed by atoms with van der Waals surface area (Å²) in [4.78, 5) is 0. The first-order chi connectivity index (χ1) is 9.22. The van der Waals surface area contributed by atoms with Crippen molar-refractivity contribution in [2.75, 3.05) is 6.61 Å². The Hall–Kier alpha value is -0.790. The van der Waals surface area contributed by atoms with Gasteiger partial charge in [-0.15, -0.1) is 0 Å². The van der Waals surface area contributed by atoms with Crippen LogP contribution >= 0.6 is 11.6 Å². The van der Waals surface area contributed by atoms with Crippen molar-refractivity contribution in [2.24, 2.45) is 5.41 Å². The van der Waals surface area contributed by atoms with Crippen LogP contribution in [0.25, 0.3) is 5.57 Å². The van der Waals surface area contributed by atoms with Gasteiger partial charge in [0, 0.05) is 5.02 Å². The van der Waals surface area contributed by atoms with E-state index in [1.54, 1.807) is 0 Å². The van der Waals surface area contributed by atoms with E-state index >= 15 is 0 Å². The van der Waals surface area contributed by atoms with Gasteiger partial charge in [-0.3, -0.25) is 0 Å². The van der Waals surface area contributed by atoms with Gasteiger partial charge < -0.3 is 5.11 Å². The van der Waals surface area contributed by atoms with Crippen molar-refractivity contribution in [3.8, 4) is 0 Å². The molecule has 0 radical (unpaired) electrons. The summed E-state index contributed by atoms with van der Waals surface area (Å²) in [5.41, 5.74) is 4.36. The van der Waals surface area contributed by atoms with Crippen LogP contribution in [0.1, 0.15) is 50.5 Å². The Labute approximate surface area is 120 Å². The monoisotopic (exact) mass is 276 g/mol. The molecule has 0 bridgehead atoms. The summed E-state index contributed by atoms with van der Waals surface area (Å²) < 4.78 is 0. The van der Waals surface area contributed by atoms with Crippen LogP contribution in [0.3, 0.4) is 0 Å². The van der Waals surface area contributed by atoms with Gasteiger partial charge in [-0.1, -0.05) is 36.6 Å². The minimum atomic E-state index is 0.208. The summed E-state index contributed by atoms with van der Waals surface area (Å²) >= 11 is 5.95. The summed E-state index contributed by atoms with van der Waals surface area (Å²) in [5.74, 6) is 0. The fourth-order valence-corrected chi connectivity index (χ4v) is 4.04. The highest BCUT2D eigenvalue weighted by Crippen LogP contribution is 2.52. The largest absolute Gasteiger partial charge is 0.392 e. The molecule has 2 aliphatic rings. The van der Waals surface area contributed by atoms with Crippen molar-refractivity contribution in [3.05, 3.63) is 40.4 Å². The molecule has 1 aromatic rings. The van der Waals surface area contributed by atoms with Gasteiger partial charge in [-0.25, -0.2) is 0 Å². The molecule has 0 aliphatic heterocycles. The third-order valence-electron chi connectivity index (χ3n) is 4.97. The molecule has 0 saturated heterocycles. The predicted molar refractivity (Wildman–Crippen MR) is 80.2 cm³/mol. The topological polar surface area (TPSA) is 20.2 Å². The lowest BCUT2D eigenvalue weighted by Crippen LogP contribution is -2.23.